The Kier molecular flexibility index (Phi) is 3.11. The highest BCUT2D eigenvalue weighted by molar-refractivity contribution is 14.1. The lowest BCUT2D eigenvalue weighted by Gasteiger charge is -1.99. The molecular weight excluding hydrogens is 363 g/mol. The summed E-state index contributed by atoms with van der Waals surface area (Å²) < 4.78 is 2.64. The van der Waals surface area contributed by atoms with Crippen LogP contribution in [0.15, 0.2) is 48.5 Å². The van der Waals surface area contributed by atoms with Gasteiger partial charge in [0.25, 0.3) is 0 Å². The quantitative estimate of drug-likeness (QED) is 0.473. The van der Waals surface area contributed by atoms with Gasteiger partial charge in [-0.25, -0.2) is 0 Å². The molecule has 84 valence electrons. The first-order valence-corrected chi connectivity index (χ1v) is 7.46. The van der Waals surface area contributed by atoms with Crippen molar-refractivity contribution < 1.29 is 0 Å². The smallest absolute Gasteiger partial charge is 0.0489 e. The molecule has 0 radical (unpaired) electrons. The SMILES string of the molecule is Clc1cccc(-c2sc3ccccc3c2I)c1. The van der Waals surface area contributed by atoms with E-state index in [9.17, 15) is 0 Å². The van der Waals surface area contributed by atoms with Crippen molar-refractivity contribution in [3.63, 3.8) is 0 Å². The third-order valence-corrected chi connectivity index (χ3v) is 5.56. The predicted molar refractivity (Wildman–Crippen MR) is 85.0 cm³/mol. The molecule has 0 aliphatic heterocycles. The summed E-state index contributed by atoms with van der Waals surface area (Å²) in [6.07, 6.45) is 0. The van der Waals surface area contributed by atoms with Gasteiger partial charge < -0.3 is 0 Å². The van der Waals surface area contributed by atoms with Crippen LogP contribution in [0.5, 0.6) is 0 Å². The summed E-state index contributed by atoms with van der Waals surface area (Å²) in [7, 11) is 0. The van der Waals surface area contributed by atoms with E-state index in [0.29, 0.717) is 0 Å². The largest absolute Gasteiger partial charge is 0.134 e. The molecule has 0 aliphatic carbocycles. The van der Waals surface area contributed by atoms with Crippen molar-refractivity contribution in [1.29, 1.82) is 0 Å². The fourth-order valence-electron chi connectivity index (χ4n) is 1.83. The Hall–Kier alpha value is -0.580. The van der Waals surface area contributed by atoms with Gasteiger partial charge in [0.2, 0.25) is 0 Å². The van der Waals surface area contributed by atoms with E-state index in [-0.39, 0.29) is 0 Å². The Balaban J connectivity index is 2.27. The average Bonchev–Trinajstić information content (AvgIpc) is 2.68. The molecule has 0 aliphatic rings. The average molecular weight is 371 g/mol. The second-order valence-corrected chi connectivity index (χ2v) is 6.32. The summed E-state index contributed by atoms with van der Waals surface area (Å²) in [5, 5.41) is 2.11. The van der Waals surface area contributed by atoms with Crippen LogP contribution >= 0.6 is 45.5 Å². The molecule has 0 N–H and O–H groups in total. The van der Waals surface area contributed by atoms with Gasteiger partial charge in [0.1, 0.15) is 0 Å². The van der Waals surface area contributed by atoms with Crippen molar-refractivity contribution in [3.8, 4) is 10.4 Å². The summed E-state index contributed by atoms with van der Waals surface area (Å²) in [6, 6.07) is 16.5. The van der Waals surface area contributed by atoms with Crippen LogP contribution in [0, 0.1) is 3.57 Å². The van der Waals surface area contributed by atoms with Crippen LogP contribution in [0.2, 0.25) is 5.02 Å². The molecule has 0 nitrogen and oxygen atoms in total. The molecule has 0 spiro atoms. The predicted octanol–water partition coefficient (Wildman–Crippen LogP) is 5.83. The van der Waals surface area contributed by atoms with Crippen molar-refractivity contribution in [1.82, 2.24) is 0 Å². The van der Waals surface area contributed by atoms with Crippen LogP contribution in [0.4, 0.5) is 0 Å². The van der Waals surface area contributed by atoms with Gasteiger partial charge in [-0.3, -0.25) is 0 Å². The highest BCUT2D eigenvalue weighted by Crippen LogP contribution is 2.39. The minimum Gasteiger partial charge on any atom is -0.134 e. The number of hydrogen-bond acceptors (Lipinski definition) is 1. The summed E-state index contributed by atoms with van der Waals surface area (Å²) in [5.41, 5.74) is 1.20. The number of thiophene rings is 1. The molecule has 0 saturated carbocycles. The van der Waals surface area contributed by atoms with Gasteiger partial charge >= 0.3 is 0 Å². The zero-order chi connectivity index (χ0) is 11.8. The maximum atomic E-state index is 6.05. The van der Waals surface area contributed by atoms with Gasteiger partial charge in [-0.2, -0.15) is 0 Å². The topological polar surface area (TPSA) is 0 Å². The van der Waals surface area contributed by atoms with Crippen molar-refractivity contribution in [2.45, 2.75) is 0 Å². The maximum absolute atomic E-state index is 6.05. The summed E-state index contributed by atoms with van der Waals surface area (Å²) >= 11 is 10.3. The van der Waals surface area contributed by atoms with Crippen molar-refractivity contribution >= 4 is 55.6 Å². The zero-order valence-electron chi connectivity index (χ0n) is 8.78. The van der Waals surface area contributed by atoms with Crippen LogP contribution in [0.1, 0.15) is 0 Å². The van der Waals surface area contributed by atoms with Crippen molar-refractivity contribution in [2.24, 2.45) is 0 Å². The molecule has 2 aromatic carbocycles. The lowest BCUT2D eigenvalue weighted by Crippen LogP contribution is -1.75. The Morgan fingerprint density at radius 2 is 1.82 bits per heavy atom. The molecule has 0 unspecified atom stereocenters. The van der Waals surface area contributed by atoms with Crippen LogP contribution in [-0.2, 0) is 0 Å². The normalized spacial score (nSPS) is 10.9. The van der Waals surface area contributed by atoms with Crippen molar-refractivity contribution in [2.75, 3.05) is 0 Å². The summed E-state index contributed by atoms with van der Waals surface area (Å²) in [4.78, 5) is 1.30. The van der Waals surface area contributed by atoms with E-state index in [2.05, 4.69) is 52.9 Å². The number of benzene rings is 2. The Labute approximate surface area is 122 Å². The monoisotopic (exact) mass is 370 g/mol. The van der Waals surface area contributed by atoms with Gasteiger partial charge in [0, 0.05) is 23.6 Å². The van der Waals surface area contributed by atoms with E-state index in [4.69, 9.17) is 11.6 Å². The lowest BCUT2D eigenvalue weighted by atomic mass is 10.1. The second kappa shape index (κ2) is 4.59. The van der Waals surface area contributed by atoms with Gasteiger partial charge in [-0.05, 0) is 46.4 Å². The van der Waals surface area contributed by atoms with Gasteiger partial charge in [-0.1, -0.05) is 41.9 Å². The van der Waals surface area contributed by atoms with Crippen LogP contribution in [-0.4, -0.2) is 0 Å². The number of halogens is 2. The molecule has 1 heterocycles. The number of hydrogen-bond donors (Lipinski definition) is 0. The minimum atomic E-state index is 0.788. The second-order valence-electron chi connectivity index (χ2n) is 3.75. The van der Waals surface area contributed by atoms with Crippen LogP contribution < -0.4 is 0 Å². The highest BCUT2D eigenvalue weighted by Gasteiger charge is 2.10. The zero-order valence-corrected chi connectivity index (χ0v) is 12.5. The first-order chi connectivity index (χ1) is 8.25. The molecule has 17 heavy (non-hydrogen) atoms. The molecule has 0 saturated heterocycles. The Bertz CT molecular complexity index is 688. The Morgan fingerprint density at radius 3 is 2.59 bits per heavy atom. The van der Waals surface area contributed by atoms with Gasteiger partial charge in [-0.15, -0.1) is 11.3 Å². The van der Waals surface area contributed by atoms with Crippen molar-refractivity contribution in [3.05, 3.63) is 57.1 Å². The summed E-state index contributed by atoms with van der Waals surface area (Å²) in [6.45, 7) is 0. The third-order valence-electron chi connectivity index (χ3n) is 2.62. The third kappa shape index (κ3) is 2.09. The highest BCUT2D eigenvalue weighted by atomic mass is 127. The maximum Gasteiger partial charge on any atom is 0.0489 e. The molecular formula is C14H8ClIS. The minimum absolute atomic E-state index is 0.788. The lowest BCUT2D eigenvalue weighted by molar-refractivity contribution is 1.69. The van der Waals surface area contributed by atoms with Gasteiger partial charge in [0.15, 0.2) is 0 Å². The van der Waals surface area contributed by atoms with Crippen LogP contribution in [0.3, 0.4) is 0 Å². The molecule has 3 aromatic rings. The molecule has 3 heteroatoms. The molecule has 0 bridgehead atoms. The molecule has 0 fully saturated rings. The van der Waals surface area contributed by atoms with E-state index >= 15 is 0 Å². The fourth-order valence-corrected chi connectivity index (χ4v) is 4.41. The molecule has 1 aromatic heterocycles. The van der Waals surface area contributed by atoms with E-state index in [1.807, 2.05) is 29.5 Å². The van der Waals surface area contributed by atoms with Crippen LogP contribution in [0.25, 0.3) is 20.5 Å². The molecule has 3 rings (SSSR count). The van der Waals surface area contributed by atoms with E-state index in [0.717, 1.165) is 5.02 Å². The van der Waals surface area contributed by atoms with Gasteiger partial charge in [0.05, 0.1) is 0 Å². The first-order valence-electron chi connectivity index (χ1n) is 5.18. The first kappa shape index (κ1) is 11.5. The molecule has 0 atom stereocenters. The molecule has 0 amide bonds. The van der Waals surface area contributed by atoms with E-state index in [1.165, 1.54) is 24.1 Å². The fraction of sp³-hybridized carbons (Fsp3) is 0. The Morgan fingerprint density at radius 1 is 1.00 bits per heavy atom. The van der Waals surface area contributed by atoms with E-state index < -0.39 is 0 Å². The standard InChI is InChI=1S/C14H8ClIS/c15-10-5-3-4-9(8-10)14-13(16)11-6-1-2-7-12(11)17-14/h1-8H. The number of rotatable bonds is 1. The van der Waals surface area contributed by atoms with E-state index in [1.54, 1.807) is 0 Å². The summed E-state index contributed by atoms with van der Waals surface area (Å²) in [5.74, 6) is 0. The number of fused-ring (bicyclic) bond motifs is 1.